The number of aryl methyl sites for hydroxylation is 1. The average molecular weight is 590 g/mol. The first-order chi connectivity index (χ1) is 20.7. The third-order valence-corrected chi connectivity index (χ3v) is 6.82. The highest BCUT2D eigenvalue weighted by Gasteiger charge is 2.49. The molecule has 1 aliphatic heterocycles. The van der Waals surface area contributed by atoms with Crippen molar-refractivity contribution in [3.63, 3.8) is 0 Å². The van der Waals surface area contributed by atoms with Crippen LogP contribution in [0.5, 0.6) is 0 Å². The van der Waals surface area contributed by atoms with Crippen LogP contribution in [-0.2, 0) is 4.74 Å². The van der Waals surface area contributed by atoms with E-state index in [2.05, 4.69) is 30.2 Å². The summed E-state index contributed by atoms with van der Waals surface area (Å²) in [6.07, 6.45) is -3.80. The van der Waals surface area contributed by atoms with Crippen molar-refractivity contribution in [3.8, 4) is 0 Å². The fourth-order valence-electron chi connectivity index (χ4n) is 4.28. The fraction of sp³-hybridized carbons (Fsp3) is 0.560. The van der Waals surface area contributed by atoms with Crippen molar-refractivity contribution >= 4 is 23.0 Å². The zero-order valence-electron chi connectivity index (χ0n) is 25.9. The maximum atomic E-state index is 15.0. The Balaban J connectivity index is 1.50. The number of urea groups is 1. The molecule has 5 rings (SSSR count). The molecule has 2 aliphatic rings. The lowest BCUT2D eigenvalue weighted by Crippen LogP contribution is -2.58. The molecule has 2 aromatic heterocycles. The number of halogens is 5. The zero-order valence-corrected chi connectivity index (χ0v) is 21.9. The SMILES string of the molecule is [2H]C1([2H])NC(=O)N([C@@H](c2ccc3nc([C@H](COC(C)(C)C(F)(F)F)NC(=O)c4nonc4C)[nH]c3c2)C2CC2)C([2H])([2H])C1(F)F. The second-order valence-corrected chi connectivity index (χ2v) is 10.3. The molecule has 3 amide bonds. The van der Waals surface area contributed by atoms with Crippen LogP contribution in [-0.4, -0.2) is 74.4 Å². The number of imidazole rings is 1. The molecule has 41 heavy (non-hydrogen) atoms. The van der Waals surface area contributed by atoms with Gasteiger partial charge >= 0.3 is 12.2 Å². The average Bonchev–Trinajstić information content (AvgIpc) is 3.51. The maximum Gasteiger partial charge on any atom is 0.416 e. The van der Waals surface area contributed by atoms with E-state index in [1.165, 1.54) is 25.1 Å². The summed E-state index contributed by atoms with van der Waals surface area (Å²) in [4.78, 5) is 33.3. The minimum atomic E-state index is -4.75. The number of ether oxygens (including phenoxy) is 1. The third kappa shape index (κ3) is 5.96. The summed E-state index contributed by atoms with van der Waals surface area (Å²) in [6.45, 7) is -5.02. The van der Waals surface area contributed by atoms with Crippen molar-refractivity contribution in [2.45, 2.75) is 63.4 Å². The lowest BCUT2D eigenvalue weighted by Gasteiger charge is -2.38. The molecule has 11 nitrogen and oxygen atoms in total. The second kappa shape index (κ2) is 10.2. The summed E-state index contributed by atoms with van der Waals surface area (Å²) in [5.41, 5.74) is -2.04. The van der Waals surface area contributed by atoms with Crippen LogP contribution in [0.3, 0.4) is 0 Å². The molecule has 1 saturated carbocycles. The number of nitrogens with one attached hydrogen (secondary N) is 3. The van der Waals surface area contributed by atoms with Crippen LogP contribution < -0.4 is 10.6 Å². The van der Waals surface area contributed by atoms with Crippen molar-refractivity contribution in [3.05, 3.63) is 41.0 Å². The zero-order chi connectivity index (χ0) is 33.3. The number of nitrogens with zero attached hydrogens (tertiary/aromatic N) is 4. The van der Waals surface area contributed by atoms with Crippen molar-refractivity contribution in [2.24, 2.45) is 5.92 Å². The highest BCUT2D eigenvalue weighted by atomic mass is 19.4. The topological polar surface area (TPSA) is 138 Å². The number of carbonyl (C=O) groups excluding carboxylic acids is 2. The molecule has 2 atom stereocenters. The largest absolute Gasteiger partial charge is 0.416 e. The molecule has 3 heterocycles. The highest BCUT2D eigenvalue weighted by Crippen LogP contribution is 2.46. The molecule has 1 aliphatic carbocycles. The number of hydrogen-bond acceptors (Lipinski definition) is 7. The van der Waals surface area contributed by atoms with Gasteiger partial charge in [-0.1, -0.05) is 11.2 Å². The summed E-state index contributed by atoms with van der Waals surface area (Å²) >= 11 is 0. The second-order valence-electron chi connectivity index (χ2n) is 10.3. The van der Waals surface area contributed by atoms with Gasteiger partial charge in [0.1, 0.15) is 17.6 Å². The van der Waals surface area contributed by atoms with E-state index in [4.69, 9.17) is 10.2 Å². The highest BCUT2D eigenvalue weighted by molar-refractivity contribution is 5.93. The predicted octanol–water partition coefficient (Wildman–Crippen LogP) is 4.19. The van der Waals surface area contributed by atoms with Gasteiger partial charge in [0.15, 0.2) is 11.3 Å². The van der Waals surface area contributed by atoms with Crippen LogP contribution in [0.1, 0.15) is 71.8 Å². The van der Waals surface area contributed by atoms with Gasteiger partial charge in [-0.2, -0.15) is 13.2 Å². The Hall–Kier alpha value is -3.82. The number of carbonyl (C=O) groups is 2. The van der Waals surface area contributed by atoms with E-state index in [-0.39, 0.29) is 33.8 Å². The minimum Gasteiger partial charge on any atom is -0.364 e. The van der Waals surface area contributed by atoms with Gasteiger partial charge in [0.05, 0.1) is 42.2 Å². The fourth-order valence-corrected chi connectivity index (χ4v) is 4.28. The van der Waals surface area contributed by atoms with Crippen molar-refractivity contribution < 1.29 is 46.4 Å². The molecule has 0 bridgehead atoms. The van der Waals surface area contributed by atoms with Gasteiger partial charge in [0.2, 0.25) is 0 Å². The summed E-state index contributed by atoms with van der Waals surface area (Å²) in [5, 5.41) is 11.1. The van der Waals surface area contributed by atoms with Crippen LogP contribution in [0.15, 0.2) is 22.8 Å². The van der Waals surface area contributed by atoms with E-state index in [9.17, 15) is 31.5 Å². The van der Waals surface area contributed by atoms with Crippen molar-refractivity contribution in [1.29, 1.82) is 0 Å². The number of rotatable bonds is 9. The molecule has 222 valence electrons. The molecule has 16 heteroatoms. The monoisotopic (exact) mass is 589 g/mol. The van der Waals surface area contributed by atoms with E-state index in [1.807, 2.05) is 0 Å². The van der Waals surface area contributed by atoms with Crippen LogP contribution in [0.2, 0.25) is 0 Å². The normalized spacial score (nSPS) is 23.1. The Morgan fingerprint density at radius 3 is 2.68 bits per heavy atom. The Kier molecular flexibility index (Phi) is 5.95. The lowest BCUT2D eigenvalue weighted by molar-refractivity contribution is -0.265. The quantitative estimate of drug-likeness (QED) is 0.318. The molecular weight excluding hydrogens is 557 g/mol. The van der Waals surface area contributed by atoms with E-state index in [0.717, 1.165) is 13.8 Å². The van der Waals surface area contributed by atoms with Gasteiger partial charge in [-0.15, -0.1) is 0 Å². The van der Waals surface area contributed by atoms with Crippen LogP contribution in [0.25, 0.3) is 11.0 Å². The lowest BCUT2D eigenvalue weighted by atomic mass is 9.99. The third-order valence-electron chi connectivity index (χ3n) is 6.82. The van der Waals surface area contributed by atoms with Gasteiger partial charge in [0, 0.05) is 0 Å². The van der Waals surface area contributed by atoms with E-state index in [1.54, 1.807) is 5.32 Å². The van der Waals surface area contributed by atoms with Gasteiger partial charge in [-0.3, -0.25) is 4.79 Å². The molecule has 1 aromatic carbocycles. The summed E-state index contributed by atoms with van der Waals surface area (Å²) in [7, 11) is 0. The number of amides is 3. The van der Waals surface area contributed by atoms with Gasteiger partial charge in [0.25, 0.3) is 11.8 Å². The Labute approximate surface area is 235 Å². The molecular formula is C25H28F5N7O4. The van der Waals surface area contributed by atoms with Gasteiger partial charge in [-0.05, 0) is 62.4 Å². The van der Waals surface area contributed by atoms with Crippen LogP contribution >= 0.6 is 0 Å². The molecule has 1 saturated heterocycles. The van der Waals surface area contributed by atoms with Gasteiger partial charge < -0.3 is 25.3 Å². The smallest absolute Gasteiger partial charge is 0.364 e. The number of aromatic amines is 1. The predicted molar refractivity (Wildman–Crippen MR) is 132 cm³/mol. The number of benzene rings is 1. The number of aromatic nitrogens is 4. The Morgan fingerprint density at radius 1 is 1.32 bits per heavy atom. The van der Waals surface area contributed by atoms with Crippen LogP contribution in [0.4, 0.5) is 26.7 Å². The first-order valence-electron chi connectivity index (χ1n) is 14.5. The molecule has 0 spiro atoms. The summed E-state index contributed by atoms with van der Waals surface area (Å²) in [5.74, 6) is -5.94. The summed E-state index contributed by atoms with van der Waals surface area (Å²) < 4.78 is 112. The number of fused-ring (bicyclic) bond motifs is 1. The van der Waals surface area contributed by atoms with Crippen LogP contribution in [0, 0.1) is 12.8 Å². The maximum absolute atomic E-state index is 15.0. The number of H-pyrrole nitrogens is 1. The molecule has 3 aromatic rings. The molecule has 0 radical (unpaired) electrons. The van der Waals surface area contributed by atoms with Gasteiger partial charge in [-0.25, -0.2) is 23.2 Å². The number of alkyl halides is 5. The Morgan fingerprint density at radius 2 is 2.05 bits per heavy atom. The minimum absolute atomic E-state index is 0.0451. The molecule has 2 fully saturated rings. The first kappa shape index (κ1) is 23.8. The standard InChI is InChI=1S/C25H28F5N7O4/c1-12-18(36-41-35-12)21(38)34-17(9-40-23(2,3)25(28,29)30)20-32-15-7-6-14(8-16(15)33-20)19(13-4-5-13)37-11-24(26,27)10-31-22(37)39/h6-8,13,17,19H,4-5,9-11H2,1-3H3,(H,31,39)(H,32,33)(H,34,38)/t17-,19+/m0/s1/i10D2,11D2. The van der Waals surface area contributed by atoms with E-state index in [0.29, 0.717) is 17.7 Å². The Bertz CT molecular complexity index is 1630. The first-order valence-corrected chi connectivity index (χ1v) is 12.5. The van der Waals surface area contributed by atoms with Crippen molar-refractivity contribution in [1.82, 2.24) is 35.8 Å². The van der Waals surface area contributed by atoms with Crippen molar-refractivity contribution in [2.75, 3.05) is 19.6 Å². The molecule has 3 N–H and O–H groups in total. The van der Waals surface area contributed by atoms with E-state index >= 15 is 0 Å². The summed E-state index contributed by atoms with van der Waals surface area (Å²) in [6, 6.07) is 0.399. The number of hydrogen-bond donors (Lipinski definition) is 3. The van der Waals surface area contributed by atoms with E-state index < -0.39 is 67.2 Å². The molecule has 0 unspecified atom stereocenters.